The Bertz CT molecular complexity index is 488. The molecule has 1 aromatic heterocycles. The molecule has 2 heterocycles. The second-order valence-corrected chi connectivity index (χ2v) is 6.79. The fraction of sp³-hybridized carbons (Fsp3) is 0.714. The van der Waals surface area contributed by atoms with Gasteiger partial charge in [0.25, 0.3) is 5.91 Å². The van der Waals surface area contributed by atoms with E-state index in [0.29, 0.717) is 17.0 Å². The van der Waals surface area contributed by atoms with Crippen LogP contribution in [0.3, 0.4) is 0 Å². The van der Waals surface area contributed by atoms with Gasteiger partial charge >= 0.3 is 0 Å². The van der Waals surface area contributed by atoms with Gasteiger partial charge in [-0.2, -0.15) is 16.9 Å². The van der Waals surface area contributed by atoms with Gasteiger partial charge in [0.2, 0.25) is 0 Å². The third kappa shape index (κ3) is 2.86. The number of nitrogens with zero attached hydrogens (tertiary/aromatic N) is 1. The number of amides is 1. The van der Waals surface area contributed by atoms with Crippen LogP contribution in [0.2, 0.25) is 0 Å². The normalized spacial score (nSPS) is 26.1. The summed E-state index contributed by atoms with van der Waals surface area (Å²) in [7, 11) is 0. The number of nitrogens with one attached hydrogen (secondary N) is 3. The second-order valence-electron chi connectivity index (χ2n) is 5.65. The molecule has 0 aromatic carbocycles. The maximum absolute atomic E-state index is 12.4. The molecule has 110 valence electrons. The summed E-state index contributed by atoms with van der Waals surface area (Å²) in [4.78, 5) is 12.4. The third-order valence-corrected chi connectivity index (χ3v) is 5.41. The van der Waals surface area contributed by atoms with Gasteiger partial charge in [0.1, 0.15) is 0 Å². The summed E-state index contributed by atoms with van der Waals surface area (Å²) in [5.41, 5.74) is 2.74. The van der Waals surface area contributed by atoms with Crippen molar-refractivity contribution in [1.29, 1.82) is 0 Å². The maximum Gasteiger partial charge on any atom is 0.272 e. The predicted octanol–water partition coefficient (Wildman–Crippen LogP) is 1.46. The highest BCUT2D eigenvalue weighted by atomic mass is 32.2. The van der Waals surface area contributed by atoms with Crippen LogP contribution in [-0.4, -0.2) is 40.2 Å². The molecule has 0 spiro atoms. The number of H-pyrrole nitrogens is 1. The third-order valence-electron chi connectivity index (χ3n) is 4.32. The molecule has 20 heavy (non-hydrogen) atoms. The van der Waals surface area contributed by atoms with Crippen LogP contribution < -0.4 is 10.6 Å². The molecule has 0 saturated heterocycles. The highest BCUT2D eigenvalue weighted by Gasteiger charge is 2.26. The Morgan fingerprint density at radius 2 is 2.35 bits per heavy atom. The fourth-order valence-corrected chi connectivity index (χ4v) is 3.98. The van der Waals surface area contributed by atoms with Gasteiger partial charge in [-0.3, -0.25) is 9.89 Å². The second kappa shape index (κ2) is 6.18. The number of hydrogen-bond acceptors (Lipinski definition) is 4. The van der Waals surface area contributed by atoms with Crippen LogP contribution in [0.5, 0.6) is 0 Å². The van der Waals surface area contributed by atoms with E-state index in [9.17, 15) is 4.79 Å². The van der Waals surface area contributed by atoms with Gasteiger partial charge in [-0.1, -0.05) is 6.42 Å². The highest BCUT2D eigenvalue weighted by molar-refractivity contribution is 7.99. The lowest BCUT2D eigenvalue weighted by atomic mass is 9.94. The van der Waals surface area contributed by atoms with Crippen molar-refractivity contribution in [2.75, 3.05) is 12.8 Å². The molecule has 2 aliphatic rings. The lowest BCUT2D eigenvalue weighted by Gasteiger charge is -2.28. The van der Waals surface area contributed by atoms with E-state index in [1.165, 1.54) is 12.8 Å². The number of aromatic amines is 1. The molecule has 0 bridgehead atoms. The minimum Gasteiger partial charge on any atom is -0.348 e. The first-order chi connectivity index (χ1) is 9.78. The van der Waals surface area contributed by atoms with Gasteiger partial charge in [-0.15, -0.1) is 0 Å². The number of fused-ring (bicyclic) bond motifs is 1. The maximum atomic E-state index is 12.4. The van der Waals surface area contributed by atoms with Crippen molar-refractivity contribution in [2.45, 2.75) is 49.9 Å². The van der Waals surface area contributed by atoms with E-state index < -0.39 is 0 Å². The van der Waals surface area contributed by atoms with Gasteiger partial charge in [0, 0.05) is 42.1 Å². The van der Waals surface area contributed by atoms with Crippen LogP contribution >= 0.6 is 11.8 Å². The molecular formula is C14H22N4OS. The Hall–Kier alpha value is -1.01. The first-order valence-electron chi connectivity index (χ1n) is 7.38. The molecule has 5 nitrogen and oxygen atoms in total. The molecule has 3 N–H and O–H groups in total. The molecule has 1 saturated carbocycles. The summed E-state index contributed by atoms with van der Waals surface area (Å²) >= 11 is 1.91. The summed E-state index contributed by atoms with van der Waals surface area (Å²) < 4.78 is 0. The number of hydrogen-bond donors (Lipinski definition) is 3. The Labute approximate surface area is 123 Å². The van der Waals surface area contributed by atoms with Crippen molar-refractivity contribution in [1.82, 2.24) is 20.8 Å². The number of rotatable bonds is 3. The van der Waals surface area contributed by atoms with Gasteiger partial charge in [0.15, 0.2) is 5.69 Å². The molecule has 2 atom stereocenters. The standard InChI is InChI=1S/C14H22N4OS/c1-20-10-4-2-3-9(7-10)16-14(19)13-11-8-15-6-5-12(11)17-18-13/h9-10,15H,2-8H2,1H3,(H,16,19)(H,17,18). The van der Waals surface area contributed by atoms with Crippen LogP contribution in [0.1, 0.15) is 47.4 Å². The quantitative estimate of drug-likeness (QED) is 0.789. The number of thioether (sulfide) groups is 1. The minimum atomic E-state index is -0.0158. The van der Waals surface area contributed by atoms with Crippen molar-refractivity contribution in [3.05, 3.63) is 17.0 Å². The highest BCUT2D eigenvalue weighted by Crippen LogP contribution is 2.27. The van der Waals surface area contributed by atoms with Crippen molar-refractivity contribution >= 4 is 17.7 Å². The summed E-state index contributed by atoms with van der Waals surface area (Å²) in [5, 5.41) is 14.4. The molecule has 1 aromatic rings. The Balaban J connectivity index is 1.66. The van der Waals surface area contributed by atoms with Gasteiger partial charge < -0.3 is 10.6 Å². The first-order valence-corrected chi connectivity index (χ1v) is 8.67. The minimum absolute atomic E-state index is 0.0158. The predicted molar refractivity (Wildman–Crippen MR) is 81.0 cm³/mol. The average Bonchev–Trinajstić information content (AvgIpc) is 2.91. The monoisotopic (exact) mass is 294 g/mol. The molecule has 2 unspecified atom stereocenters. The number of carbonyl (C=O) groups excluding carboxylic acids is 1. The van der Waals surface area contributed by atoms with Crippen molar-refractivity contribution in [2.24, 2.45) is 0 Å². The Kier molecular flexibility index (Phi) is 4.31. The smallest absolute Gasteiger partial charge is 0.272 e. The van der Waals surface area contributed by atoms with Gasteiger partial charge in [-0.05, 0) is 25.5 Å². The Morgan fingerprint density at radius 3 is 3.20 bits per heavy atom. The fourth-order valence-electron chi connectivity index (χ4n) is 3.16. The molecule has 3 rings (SSSR count). The van der Waals surface area contributed by atoms with Crippen molar-refractivity contribution in [3.8, 4) is 0 Å². The van der Waals surface area contributed by atoms with E-state index in [4.69, 9.17) is 0 Å². The Morgan fingerprint density at radius 1 is 1.45 bits per heavy atom. The van der Waals surface area contributed by atoms with E-state index >= 15 is 0 Å². The van der Waals surface area contributed by atoms with E-state index in [-0.39, 0.29) is 5.91 Å². The molecule has 1 aliphatic carbocycles. The van der Waals surface area contributed by atoms with Crippen LogP contribution in [0.15, 0.2) is 0 Å². The molecule has 1 aliphatic heterocycles. The zero-order valence-corrected chi connectivity index (χ0v) is 12.7. The van der Waals surface area contributed by atoms with Crippen LogP contribution in [0, 0.1) is 0 Å². The largest absolute Gasteiger partial charge is 0.348 e. The zero-order chi connectivity index (χ0) is 13.9. The van der Waals surface area contributed by atoms with E-state index in [0.717, 1.165) is 43.6 Å². The first kappa shape index (κ1) is 13.9. The van der Waals surface area contributed by atoms with E-state index in [1.54, 1.807) is 0 Å². The van der Waals surface area contributed by atoms with Gasteiger partial charge in [-0.25, -0.2) is 0 Å². The van der Waals surface area contributed by atoms with E-state index in [2.05, 4.69) is 27.1 Å². The lowest BCUT2D eigenvalue weighted by molar-refractivity contribution is 0.0922. The van der Waals surface area contributed by atoms with Crippen LogP contribution in [-0.2, 0) is 13.0 Å². The lowest BCUT2D eigenvalue weighted by Crippen LogP contribution is -2.40. The van der Waals surface area contributed by atoms with Crippen molar-refractivity contribution in [3.63, 3.8) is 0 Å². The molecule has 1 fully saturated rings. The average molecular weight is 294 g/mol. The molecular weight excluding hydrogens is 272 g/mol. The van der Waals surface area contributed by atoms with Crippen molar-refractivity contribution < 1.29 is 4.79 Å². The van der Waals surface area contributed by atoms with Crippen LogP contribution in [0.25, 0.3) is 0 Å². The SMILES string of the molecule is CSC1CCCC(NC(=O)c2n[nH]c3c2CNCC3)C1. The summed E-state index contributed by atoms with van der Waals surface area (Å²) in [6.07, 6.45) is 7.73. The summed E-state index contributed by atoms with van der Waals surface area (Å²) in [6, 6.07) is 0.303. The number of carbonyl (C=O) groups is 1. The van der Waals surface area contributed by atoms with Crippen LogP contribution in [0.4, 0.5) is 0 Å². The molecule has 0 radical (unpaired) electrons. The van der Waals surface area contributed by atoms with Gasteiger partial charge in [0.05, 0.1) is 0 Å². The molecule has 6 heteroatoms. The molecule has 1 amide bonds. The topological polar surface area (TPSA) is 69.8 Å². The number of aromatic nitrogens is 2. The summed E-state index contributed by atoms with van der Waals surface area (Å²) in [5.74, 6) is -0.0158. The summed E-state index contributed by atoms with van der Waals surface area (Å²) in [6.45, 7) is 1.70. The zero-order valence-electron chi connectivity index (χ0n) is 11.9. The van der Waals surface area contributed by atoms with E-state index in [1.807, 2.05) is 11.8 Å².